The Labute approximate surface area is 120 Å². The van der Waals surface area contributed by atoms with Gasteiger partial charge in [0.25, 0.3) is 0 Å². The second-order valence-corrected chi connectivity index (χ2v) is 4.38. The first-order chi connectivity index (χ1) is 9.70. The van der Waals surface area contributed by atoms with E-state index in [1.165, 1.54) is 0 Å². The third kappa shape index (κ3) is 3.10. The first kappa shape index (κ1) is 15.2. The summed E-state index contributed by atoms with van der Waals surface area (Å²) in [5.74, 6) is -1.06. The number of benzene rings is 1. The molecular formula is C12H5ClF4N2O2. The maximum absolute atomic E-state index is 13.2. The van der Waals surface area contributed by atoms with Crippen molar-refractivity contribution in [2.75, 3.05) is 0 Å². The molecule has 4 nitrogen and oxygen atoms in total. The fraction of sp³-hybridized carbons (Fsp3) is 0.0833. The third-order valence-corrected chi connectivity index (χ3v) is 2.87. The number of hydrogen-bond donors (Lipinski definition) is 0. The number of aromatic nitrogens is 1. The molecule has 0 aliphatic carbocycles. The summed E-state index contributed by atoms with van der Waals surface area (Å²) in [6, 6.07) is 3.48. The highest BCUT2D eigenvalue weighted by Crippen LogP contribution is 2.35. The van der Waals surface area contributed by atoms with E-state index in [4.69, 9.17) is 11.6 Å². The van der Waals surface area contributed by atoms with Gasteiger partial charge in [-0.3, -0.25) is 15.1 Å². The molecule has 2 rings (SSSR count). The summed E-state index contributed by atoms with van der Waals surface area (Å²) >= 11 is 5.72. The van der Waals surface area contributed by atoms with Crippen molar-refractivity contribution < 1.29 is 22.5 Å². The van der Waals surface area contributed by atoms with E-state index in [2.05, 4.69) is 4.98 Å². The van der Waals surface area contributed by atoms with Gasteiger partial charge in [-0.25, -0.2) is 0 Å². The summed E-state index contributed by atoms with van der Waals surface area (Å²) in [5.41, 5.74) is -1.92. The van der Waals surface area contributed by atoms with Crippen molar-refractivity contribution in [1.82, 2.24) is 4.98 Å². The van der Waals surface area contributed by atoms with E-state index in [0.717, 1.165) is 18.2 Å². The van der Waals surface area contributed by atoms with Crippen LogP contribution < -0.4 is 0 Å². The molecule has 0 amide bonds. The summed E-state index contributed by atoms with van der Waals surface area (Å²) in [7, 11) is 0. The Morgan fingerprint density at radius 1 is 1.24 bits per heavy atom. The molecule has 0 aliphatic heterocycles. The second kappa shape index (κ2) is 5.28. The molecular weight excluding hydrogens is 316 g/mol. The lowest BCUT2D eigenvalue weighted by Crippen LogP contribution is -2.05. The molecule has 0 saturated carbocycles. The molecule has 0 saturated heterocycles. The van der Waals surface area contributed by atoms with Crippen molar-refractivity contribution in [3.63, 3.8) is 0 Å². The largest absolute Gasteiger partial charge is 0.417 e. The van der Waals surface area contributed by atoms with Crippen molar-refractivity contribution in [2.24, 2.45) is 0 Å². The number of rotatable bonds is 2. The molecule has 0 spiro atoms. The highest BCUT2D eigenvalue weighted by Gasteiger charge is 2.31. The monoisotopic (exact) mass is 320 g/mol. The van der Waals surface area contributed by atoms with Gasteiger partial charge < -0.3 is 0 Å². The average Bonchev–Trinajstić information content (AvgIpc) is 2.38. The van der Waals surface area contributed by atoms with Crippen molar-refractivity contribution in [3.05, 3.63) is 57.0 Å². The Balaban J connectivity index is 2.53. The van der Waals surface area contributed by atoms with Gasteiger partial charge in [0.2, 0.25) is 5.82 Å². The number of nitro groups is 1. The molecule has 0 N–H and O–H groups in total. The van der Waals surface area contributed by atoms with E-state index in [0.29, 0.717) is 12.3 Å². The van der Waals surface area contributed by atoms with Crippen LogP contribution >= 0.6 is 11.6 Å². The van der Waals surface area contributed by atoms with Crippen LogP contribution in [0.1, 0.15) is 5.56 Å². The summed E-state index contributed by atoms with van der Waals surface area (Å²) in [5, 5.41) is 10.3. The Morgan fingerprint density at radius 2 is 1.90 bits per heavy atom. The van der Waals surface area contributed by atoms with Crippen LogP contribution in [-0.4, -0.2) is 9.91 Å². The van der Waals surface area contributed by atoms with Crippen molar-refractivity contribution >= 4 is 17.3 Å². The maximum Gasteiger partial charge on any atom is 0.417 e. The minimum Gasteiger partial charge on any atom is -0.258 e. The van der Waals surface area contributed by atoms with Crippen LogP contribution in [0.15, 0.2) is 30.5 Å². The van der Waals surface area contributed by atoms with Gasteiger partial charge in [0.15, 0.2) is 0 Å². The van der Waals surface area contributed by atoms with E-state index in [-0.39, 0.29) is 16.3 Å². The van der Waals surface area contributed by atoms with Gasteiger partial charge in [0.1, 0.15) is 0 Å². The van der Waals surface area contributed by atoms with E-state index in [9.17, 15) is 27.7 Å². The topological polar surface area (TPSA) is 56.0 Å². The second-order valence-electron chi connectivity index (χ2n) is 3.98. The van der Waals surface area contributed by atoms with Crippen LogP contribution in [-0.2, 0) is 6.18 Å². The summed E-state index contributed by atoms with van der Waals surface area (Å²) < 4.78 is 50.7. The van der Waals surface area contributed by atoms with Gasteiger partial charge in [-0.05, 0) is 18.2 Å². The van der Waals surface area contributed by atoms with Crippen molar-refractivity contribution in [1.29, 1.82) is 0 Å². The zero-order chi connectivity index (χ0) is 15.8. The molecule has 2 aromatic rings. The SMILES string of the molecule is O=[N+]([O-])c1cc(-c2ncc(C(F)(F)F)cc2Cl)ccc1F. The molecule has 9 heteroatoms. The van der Waals surface area contributed by atoms with E-state index < -0.39 is 28.2 Å². The molecule has 21 heavy (non-hydrogen) atoms. The highest BCUT2D eigenvalue weighted by atomic mass is 35.5. The minimum absolute atomic E-state index is 0.0434. The Morgan fingerprint density at radius 3 is 2.43 bits per heavy atom. The molecule has 0 fully saturated rings. The average molecular weight is 321 g/mol. The van der Waals surface area contributed by atoms with Gasteiger partial charge in [-0.2, -0.15) is 17.6 Å². The Hall–Kier alpha value is -2.22. The van der Waals surface area contributed by atoms with Crippen LogP contribution in [0.3, 0.4) is 0 Å². The van der Waals surface area contributed by atoms with E-state index in [1.807, 2.05) is 0 Å². The molecule has 110 valence electrons. The molecule has 1 heterocycles. The number of alkyl halides is 3. The molecule has 0 aliphatic rings. The molecule has 1 aromatic heterocycles. The number of nitrogens with zero attached hydrogens (tertiary/aromatic N) is 2. The lowest BCUT2D eigenvalue weighted by Gasteiger charge is -2.09. The Bertz CT molecular complexity index is 719. The predicted octanol–water partition coefficient (Wildman–Crippen LogP) is 4.47. The van der Waals surface area contributed by atoms with Gasteiger partial charge in [-0.15, -0.1) is 0 Å². The van der Waals surface area contributed by atoms with Crippen molar-refractivity contribution in [2.45, 2.75) is 6.18 Å². The van der Waals surface area contributed by atoms with Crippen LogP contribution in [0.25, 0.3) is 11.3 Å². The van der Waals surface area contributed by atoms with E-state index >= 15 is 0 Å². The smallest absolute Gasteiger partial charge is 0.258 e. The van der Waals surface area contributed by atoms with Gasteiger partial charge in [-0.1, -0.05) is 11.6 Å². The maximum atomic E-state index is 13.2. The quantitative estimate of drug-likeness (QED) is 0.466. The standard InChI is InChI=1S/C12H5ClF4N2O2/c13-8-4-7(12(15,16)17)5-18-11(8)6-1-2-9(14)10(3-6)19(20)21/h1-5H. The summed E-state index contributed by atoms with van der Waals surface area (Å²) in [6.07, 6.45) is -4.06. The number of hydrogen-bond acceptors (Lipinski definition) is 3. The number of nitro benzene ring substituents is 1. The summed E-state index contributed by atoms with van der Waals surface area (Å²) in [4.78, 5) is 13.2. The minimum atomic E-state index is -4.61. The van der Waals surface area contributed by atoms with Crippen molar-refractivity contribution in [3.8, 4) is 11.3 Å². The fourth-order valence-electron chi connectivity index (χ4n) is 1.61. The molecule has 0 atom stereocenters. The summed E-state index contributed by atoms with van der Waals surface area (Å²) in [6.45, 7) is 0. The highest BCUT2D eigenvalue weighted by molar-refractivity contribution is 6.33. The van der Waals surface area contributed by atoms with Crippen LogP contribution in [0.2, 0.25) is 5.02 Å². The fourth-order valence-corrected chi connectivity index (χ4v) is 1.88. The molecule has 0 bridgehead atoms. The zero-order valence-corrected chi connectivity index (χ0v) is 10.7. The number of halogens is 5. The van der Waals surface area contributed by atoms with Crippen LogP contribution in [0, 0.1) is 15.9 Å². The molecule has 1 aromatic carbocycles. The van der Waals surface area contributed by atoms with Gasteiger partial charge in [0.05, 0.1) is 21.2 Å². The van der Waals surface area contributed by atoms with Crippen LogP contribution in [0.4, 0.5) is 23.2 Å². The zero-order valence-electron chi connectivity index (χ0n) is 9.99. The molecule has 0 radical (unpaired) electrons. The first-order valence-corrected chi connectivity index (χ1v) is 5.75. The number of pyridine rings is 1. The lowest BCUT2D eigenvalue weighted by molar-refractivity contribution is -0.387. The first-order valence-electron chi connectivity index (χ1n) is 5.37. The third-order valence-electron chi connectivity index (χ3n) is 2.58. The Kier molecular flexibility index (Phi) is 3.82. The van der Waals surface area contributed by atoms with Gasteiger partial charge >= 0.3 is 11.9 Å². The normalized spacial score (nSPS) is 11.5. The lowest BCUT2D eigenvalue weighted by atomic mass is 10.1. The van der Waals surface area contributed by atoms with Crippen LogP contribution in [0.5, 0.6) is 0 Å². The van der Waals surface area contributed by atoms with Gasteiger partial charge in [0, 0.05) is 17.8 Å². The molecule has 0 unspecified atom stereocenters. The van der Waals surface area contributed by atoms with E-state index in [1.54, 1.807) is 0 Å². The predicted molar refractivity (Wildman–Crippen MR) is 66.3 cm³/mol.